The quantitative estimate of drug-likeness (QED) is 0.168. The van der Waals surface area contributed by atoms with E-state index < -0.39 is 0 Å². The summed E-state index contributed by atoms with van der Waals surface area (Å²) in [6.07, 6.45) is 3.37. The highest BCUT2D eigenvalue weighted by Crippen LogP contribution is 1.71. The molecule has 0 aromatic carbocycles. The van der Waals surface area contributed by atoms with Crippen LogP contribution in [0.2, 0.25) is 0 Å². The summed E-state index contributed by atoms with van der Waals surface area (Å²) >= 11 is 0. The van der Waals surface area contributed by atoms with Crippen LogP contribution in [-0.2, 0) is 0 Å². The Kier molecular flexibility index (Phi) is 6.59. The molecule has 0 fully saturated rings. The third-order valence-electron chi connectivity index (χ3n) is 0.958. The molecule has 0 rings (SSSR count). The zero-order chi connectivity index (χ0) is 9.23. The number of rotatable bonds is 4. The molecule has 0 unspecified atom stereocenters. The smallest absolute Gasteiger partial charge is 0.205 e. The van der Waals surface area contributed by atoms with E-state index >= 15 is 0 Å². The first kappa shape index (κ1) is 10.5. The van der Waals surface area contributed by atoms with Gasteiger partial charge in [0.15, 0.2) is 6.19 Å². The third kappa shape index (κ3) is 5.26. The van der Waals surface area contributed by atoms with Gasteiger partial charge in [0.05, 0.1) is 13.2 Å². The van der Waals surface area contributed by atoms with Gasteiger partial charge in [-0.05, 0) is 0 Å². The zero-order valence-corrected chi connectivity index (χ0v) is 6.75. The highest BCUT2D eigenvalue weighted by Gasteiger charge is 1.92. The van der Waals surface area contributed by atoms with Crippen LogP contribution in [0.3, 0.4) is 0 Å². The zero-order valence-electron chi connectivity index (χ0n) is 6.75. The molecule has 0 aliphatic rings. The van der Waals surface area contributed by atoms with Crippen LogP contribution in [0.5, 0.6) is 0 Å². The Balaban J connectivity index is 3.85. The van der Waals surface area contributed by atoms with Crippen molar-refractivity contribution in [3.8, 4) is 6.19 Å². The van der Waals surface area contributed by atoms with Crippen LogP contribution >= 0.6 is 0 Å². The summed E-state index contributed by atoms with van der Waals surface area (Å²) < 4.78 is 0. The van der Waals surface area contributed by atoms with Gasteiger partial charge in [-0.2, -0.15) is 5.26 Å². The molecule has 0 aromatic heterocycles. The van der Waals surface area contributed by atoms with Gasteiger partial charge in [0.1, 0.15) is 0 Å². The fraction of sp³-hybridized carbons (Fsp3) is 0.429. The fourth-order valence-electron chi connectivity index (χ4n) is 0.523. The summed E-state index contributed by atoms with van der Waals surface area (Å²) in [7, 11) is 0. The van der Waals surface area contributed by atoms with Crippen molar-refractivity contribution >= 4 is 5.96 Å². The SMILES string of the molecule is C=CCNC(=NCCO)NC#N. The van der Waals surface area contributed by atoms with Gasteiger partial charge in [0, 0.05) is 6.54 Å². The Bertz CT molecular complexity index is 194. The second kappa shape index (κ2) is 7.57. The lowest BCUT2D eigenvalue weighted by atomic mass is 10.6. The molecule has 5 heteroatoms. The number of hydrogen-bond acceptors (Lipinski definition) is 3. The molecule has 0 aliphatic carbocycles. The molecule has 0 radical (unpaired) electrons. The number of aliphatic hydroxyl groups is 1. The Morgan fingerprint density at radius 3 is 3.00 bits per heavy atom. The lowest BCUT2D eigenvalue weighted by Crippen LogP contribution is -2.34. The van der Waals surface area contributed by atoms with Crippen LogP contribution in [0.1, 0.15) is 0 Å². The first-order valence-electron chi connectivity index (χ1n) is 3.50. The summed E-state index contributed by atoms with van der Waals surface area (Å²) in [5, 5.41) is 21.8. The number of guanidine groups is 1. The van der Waals surface area contributed by atoms with Crippen molar-refractivity contribution in [3.05, 3.63) is 12.7 Å². The molecular weight excluding hydrogens is 156 g/mol. The van der Waals surface area contributed by atoms with E-state index in [4.69, 9.17) is 10.4 Å². The Morgan fingerprint density at radius 1 is 1.75 bits per heavy atom. The first-order chi connectivity index (χ1) is 5.85. The minimum Gasteiger partial charge on any atom is -0.394 e. The molecule has 5 nitrogen and oxygen atoms in total. The molecule has 3 N–H and O–H groups in total. The number of aliphatic hydroxyl groups excluding tert-OH is 1. The molecule has 0 saturated heterocycles. The Morgan fingerprint density at radius 2 is 2.50 bits per heavy atom. The molecule has 0 aromatic rings. The molecule has 0 bridgehead atoms. The predicted octanol–water partition coefficient (Wildman–Crippen LogP) is -0.819. The van der Waals surface area contributed by atoms with Crippen LogP contribution in [0.4, 0.5) is 0 Å². The van der Waals surface area contributed by atoms with E-state index in [0.717, 1.165) is 0 Å². The van der Waals surface area contributed by atoms with E-state index in [1.165, 1.54) is 0 Å². The average molecular weight is 168 g/mol. The lowest BCUT2D eigenvalue weighted by molar-refractivity contribution is 0.306. The Hall–Kier alpha value is -1.54. The second-order valence-electron chi connectivity index (χ2n) is 1.86. The molecule has 12 heavy (non-hydrogen) atoms. The molecule has 0 aliphatic heterocycles. The van der Waals surface area contributed by atoms with Crippen molar-refractivity contribution in [2.75, 3.05) is 19.7 Å². The van der Waals surface area contributed by atoms with E-state index in [9.17, 15) is 0 Å². The minimum absolute atomic E-state index is 0.0353. The van der Waals surface area contributed by atoms with E-state index in [0.29, 0.717) is 12.5 Å². The van der Waals surface area contributed by atoms with Gasteiger partial charge in [-0.25, -0.2) is 0 Å². The standard InChI is InChI=1S/C7H12N4O/c1-2-3-9-7(11-6-8)10-4-5-12/h2,12H,1,3-5H2,(H2,9,10,11). The van der Waals surface area contributed by atoms with Gasteiger partial charge < -0.3 is 10.4 Å². The fourth-order valence-corrected chi connectivity index (χ4v) is 0.523. The van der Waals surface area contributed by atoms with Crippen molar-refractivity contribution in [2.24, 2.45) is 4.99 Å². The van der Waals surface area contributed by atoms with E-state index in [-0.39, 0.29) is 13.2 Å². The van der Waals surface area contributed by atoms with Crippen molar-refractivity contribution < 1.29 is 5.11 Å². The number of aliphatic imine (C=N–C) groups is 1. The molecule has 0 saturated carbocycles. The van der Waals surface area contributed by atoms with Crippen LogP contribution in [0, 0.1) is 11.5 Å². The van der Waals surface area contributed by atoms with Gasteiger partial charge >= 0.3 is 0 Å². The average Bonchev–Trinajstić information content (AvgIpc) is 2.10. The molecule has 66 valence electrons. The van der Waals surface area contributed by atoms with Crippen LogP contribution < -0.4 is 10.6 Å². The van der Waals surface area contributed by atoms with Crippen molar-refractivity contribution in [1.29, 1.82) is 5.26 Å². The number of nitrogens with zero attached hydrogens (tertiary/aromatic N) is 2. The predicted molar refractivity (Wildman–Crippen MR) is 46.3 cm³/mol. The molecule has 0 amide bonds. The maximum absolute atomic E-state index is 8.44. The summed E-state index contributed by atoms with van der Waals surface area (Å²) in [6, 6.07) is 0. The van der Waals surface area contributed by atoms with E-state index in [2.05, 4.69) is 22.2 Å². The summed E-state index contributed by atoms with van der Waals surface area (Å²) in [5.41, 5.74) is 0. The largest absolute Gasteiger partial charge is 0.394 e. The number of hydrogen-bond donors (Lipinski definition) is 3. The van der Waals surface area contributed by atoms with Gasteiger partial charge in [-0.1, -0.05) is 6.08 Å². The van der Waals surface area contributed by atoms with Gasteiger partial charge in [0.25, 0.3) is 0 Å². The number of nitriles is 1. The maximum Gasteiger partial charge on any atom is 0.205 e. The van der Waals surface area contributed by atoms with Gasteiger partial charge in [-0.15, -0.1) is 6.58 Å². The van der Waals surface area contributed by atoms with Crippen LogP contribution in [-0.4, -0.2) is 30.8 Å². The van der Waals surface area contributed by atoms with E-state index in [1.807, 2.05) is 0 Å². The lowest BCUT2D eigenvalue weighted by Gasteiger charge is -2.03. The van der Waals surface area contributed by atoms with Crippen molar-refractivity contribution in [1.82, 2.24) is 10.6 Å². The highest BCUT2D eigenvalue weighted by atomic mass is 16.3. The van der Waals surface area contributed by atoms with Crippen LogP contribution in [0.15, 0.2) is 17.6 Å². The number of nitrogens with one attached hydrogen (secondary N) is 2. The summed E-state index contributed by atoms with van der Waals surface area (Å²) in [4.78, 5) is 3.84. The van der Waals surface area contributed by atoms with Crippen LogP contribution in [0.25, 0.3) is 0 Å². The summed E-state index contributed by atoms with van der Waals surface area (Å²) in [6.45, 7) is 4.26. The Labute approximate surface area is 71.4 Å². The molecule has 0 heterocycles. The normalized spacial score (nSPS) is 10.2. The van der Waals surface area contributed by atoms with Gasteiger partial charge in [-0.3, -0.25) is 10.3 Å². The molecule has 0 atom stereocenters. The first-order valence-corrected chi connectivity index (χ1v) is 3.50. The van der Waals surface area contributed by atoms with Crippen molar-refractivity contribution in [2.45, 2.75) is 0 Å². The van der Waals surface area contributed by atoms with Gasteiger partial charge in [0.2, 0.25) is 5.96 Å². The minimum atomic E-state index is -0.0353. The topological polar surface area (TPSA) is 80.4 Å². The molecule has 0 spiro atoms. The second-order valence-corrected chi connectivity index (χ2v) is 1.86. The third-order valence-corrected chi connectivity index (χ3v) is 0.958. The van der Waals surface area contributed by atoms with Crippen molar-refractivity contribution in [3.63, 3.8) is 0 Å². The maximum atomic E-state index is 8.44. The monoisotopic (exact) mass is 168 g/mol. The highest BCUT2D eigenvalue weighted by molar-refractivity contribution is 5.81. The summed E-state index contributed by atoms with van der Waals surface area (Å²) in [5.74, 6) is 0.353. The molecular formula is C7H12N4O. The van der Waals surface area contributed by atoms with E-state index in [1.54, 1.807) is 12.3 Å².